The molecule has 0 atom stereocenters. The largest absolute Gasteiger partial charge is 0.489 e. The summed E-state index contributed by atoms with van der Waals surface area (Å²) in [7, 11) is 0. The number of para-hydroxylation sites is 1. The molecule has 0 spiro atoms. The van der Waals surface area contributed by atoms with E-state index in [2.05, 4.69) is 17.5 Å². The lowest BCUT2D eigenvalue weighted by Crippen LogP contribution is -2.16. The van der Waals surface area contributed by atoms with Crippen LogP contribution in [-0.4, -0.2) is 6.54 Å². The van der Waals surface area contributed by atoms with E-state index < -0.39 is 0 Å². The summed E-state index contributed by atoms with van der Waals surface area (Å²) >= 11 is 12.2. The smallest absolute Gasteiger partial charge is 0.124 e. The molecular formula is C22H25Cl2NO. The van der Waals surface area contributed by atoms with Gasteiger partial charge in [-0.3, -0.25) is 0 Å². The predicted molar refractivity (Wildman–Crippen MR) is 110 cm³/mol. The quantitative estimate of drug-likeness (QED) is 0.408. The minimum Gasteiger partial charge on any atom is -0.489 e. The van der Waals surface area contributed by atoms with Crippen LogP contribution in [0.25, 0.3) is 0 Å². The van der Waals surface area contributed by atoms with Crippen LogP contribution >= 0.6 is 23.2 Å². The van der Waals surface area contributed by atoms with E-state index in [1.165, 1.54) is 25.7 Å². The van der Waals surface area contributed by atoms with Crippen molar-refractivity contribution in [3.63, 3.8) is 0 Å². The molecule has 138 valence electrons. The molecule has 0 heterocycles. The normalized spacial score (nSPS) is 14.2. The van der Waals surface area contributed by atoms with Gasteiger partial charge in [-0.25, -0.2) is 0 Å². The molecule has 3 rings (SSSR count). The van der Waals surface area contributed by atoms with Gasteiger partial charge in [0.1, 0.15) is 12.4 Å². The number of nitrogens with one attached hydrogen (secondary N) is 1. The van der Waals surface area contributed by atoms with Crippen molar-refractivity contribution < 1.29 is 4.74 Å². The lowest BCUT2D eigenvalue weighted by atomic mass is 9.97. The number of ether oxygens (including phenoxy) is 1. The summed E-state index contributed by atoms with van der Waals surface area (Å²) in [5, 5.41) is 4.81. The third-order valence-electron chi connectivity index (χ3n) is 4.69. The second-order valence-corrected chi connectivity index (χ2v) is 7.51. The average molecular weight is 390 g/mol. The van der Waals surface area contributed by atoms with Crippen molar-refractivity contribution in [2.75, 3.05) is 6.54 Å². The summed E-state index contributed by atoms with van der Waals surface area (Å²) in [5.74, 6) is 0.892. The van der Waals surface area contributed by atoms with Crippen molar-refractivity contribution in [2.24, 2.45) is 0 Å². The minimum atomic E-state index is 0.430. The molecule has 1 aliphatic carbocycles. The molecule has 1 aliphatic rings. The molecule has 2 aromatic rings. The van der Waals surface area contributed by atoms with Gasteiger partial charge in [0.2, 0.25) is 0 Å². The Labute approximate surface area is 166 Å². The van der Waals surface area contributed by atoms with Gasteiger partial charge in [0.05, 0.1) is 0 Å². The monoisotopic (exact) mass is 389 g/mol. The van der Waals surface area contributed by atoms with E-state index in [0.717, 1.165) is 36.4 Å². The number of allylic oxidation sites excluding steroid dienone is 1. The van der Waals surface area contributed by atoms with Crippen LogP contribution in [0, 0.1) is 0 Å². The summed E-state index contributed by atoms with van der Waals surface area (Å²) in [5.41, 5.74) is 3.70. The van der Waals surface area contributed by atoms with Gasteiger partial charge in [-0.05, 0) is 56.8 Å². The maximum Gasteiger partial charge on any atom is 0.124 e. The molecule has 0 saturated carbocycles. The predicted octanol–water partition coefficient (Wildman–Crippen LogP) is 6.55. The molecule has 0 bridgehead atoms. The first-order valence-electron chi connectivity index (χ1n) is 9.25. The van der Waals surface area contributed by atoms with Gasteiger partial charge in [-0.1, -0.05) is 59.1 Å². The van der Waals surface area contributed by atoms with Gasteiger partial charge in [0, 0.05) is 27.7 Å². The maximum atomic E-state index is 6.23. The van der Waals surface area contributed by atoms with Gasteiger partial charge in [0.25, 0.3) is 0 Å². The van der Waals surface area contributed by atoms with Crippen LogP contribution < -0.4 is 10.1 Å². The van der Waals surface area contributed by atoms with Gasteiger partial charge in [-0.15, -0.1) is 0 Å². The van der Waals surface area contributed by atoms with Crippen LogP contribution in [0.5, 0.6) is 5.75 Å². The van der Waals surface area contributed by atoms with Crippen LogP contribution in [0.1, 0.15) is 43.2 Å². The third-order valence-corrected chi connectivity index (χ3v) is 5.28. The van der Waals surface area contributed by atoms with Gasteiger partial charge in [-0.2, -0.15) is 0 Å². The molecule has 0 aromatic heterocycles. The molecular weight excluding hydrogens is 365 g/mol. The minimum absolute atomic E-state index is 0.430. The van der Waals surface area contributed by atoms with Crippen LogP contribution in [0.4, 0.5) is 0 Å². The van der Waals surface area contributed by atoms with Crippen LogP contribution in [0.15, 0.2) is 54.1 Å². The molecule has 2 aromatic carbocycles. The number of benzene rings is 2. The second-order valence-electron chi connectivity index (χ2n) is 6.67. The van der Waals surface area contributed by atoms with Gasteiger partial charge < -0.3 is 10.1 Å². The first kappa shape index (κ1) is 19.3. The molecule has 0 amide bonds. The Hall–Kier alpha value is -1.48. The van der Waals surface area contributed by atoms with E-state index in [0.29, 0.717) is 16.7 Å². The zero-order valence-corrected chi connectivity index (χ0v) is 16.5. The molecule has 4 heteroatoms. The number of hydrogen-bond acceptors (Lipinski definition) is 2. The lowest BCUT2D eigenvalue weighted by Gasteiger charge is -2.15. The summed E-state index contributed by atoms with van der Waals surface area (Å²) in [6, 6.07) is 13.6. The standard InChI is InChI=1S/C22H25Cl2NO/c23-20-11-10-19(21(24)14-20)16-26-22-9-5-4-8-18(22)15-25-13-12-17-6-2-1-3-7-17/h4-6,8-11,14,25H,1-3,7,12-13,15-16H2. The molecule has 0 aliphatic heterocycles. The van der Waals surface area contributed by atoms with Crippen molar-refractivity contribution in [1.82, 2.24) is 5.32 Å². The SMILES string of the molecule is Clc1ccc(COc2ccccc2CNCCC2=CCCCC2)c(Cl)c1. The van der Waals surface area contributed by atoms with E-state index in [4.69, 9.17) is 27.9 Å². The van der Waals surface area contributed by atoms with E-state index in [1.54, 1.807) is 11.6 Å². The topological polar surface area (TPSA) is 21.3 Å². The second kappa shape index (κ2) is 10.0. The number of halogens is 2. The molecule has 0 saturated heterocycles. The average Bonchev–Trinajstić information content (AvgIpc) is 2.66. The van der Waals surface area contributed by atoms with Crippen LogP contribution in [0.3, 0.4) is 0 Å². The lowest BCUT2D eigenvalue weighted by molar-refractivity contribution is 0.302. The Balaban J connectivity index is 1.51. The number of rotatable bonds is 8. The van der Waals surface area contributed by atoms with E-state index in [-0.39, 0.29) is 0 Å². The first-order chi connectivity index (χ1) is 12.7. The molecule has 1 N–H and O–H groups in total. The molecule has 26 heavy (non-hydrogen) atoms. The Bertz CT molecular complexity index is 758. The van der Waals surface area contributed by atoms with E-state index >= 15 is 0 Å². The van der Waals surface area contributed by atoms with Crippen molar-refractivity contribution >= 4 is 23.2 Å². The highest BCUT2D eigenvalue weighted by Crippen LogP contribution is 2.24. The highest BCUT2D eigenvalue weighted by molar-refractivity contribution is 6.35. The van der Waals surface area contributed by atoms with Gasteiger partial charge >= 0.3 is 0 Å². The third kappa shape index (κ3) is 5.77. The molecule has 0 unspecified atom stereocenters. The number of hydrogen-bond donors (Lipinski definition) is 1. The van der Waals surface area contributed by atoms with Crippen molar-refractivity contribution in [3.05, 3.63) is 75.3 Å². The summed E-state index contributed by atoms with van der Waals surface area (Å²) in [6.45, 7) is 2.24. The fourth-order valence-electron chi connectivity index (χ4n) is 3.19. The molecule has 2 nitrogen and oxygen atoms in total. The molecule has 0 fully saturated rings. The highest BCUT2D eigenvalue weighted by Gasteiger charge is 2.07. The molecule has 0 radical (unpaired) electrons. The maximum absolute atomic E-state index is 6.23. The first-order valence-corrected chi connectivity index (χ1v) is 10.0. The fourth-order valence-corrected chi connectivity index (χ4v) is 3.65. The highest BCUT2D eigenvalue weighted by atomic mass is 35.5. The van der Waals surface area contributed by atoms with E-state index in [9.17, 15) is 0 Å². The Morgan fingerprint density at radius 3 is 2.69 bits per heavy atom. The van der Waals surface area contributed by atoms with Gasteiger partial charge in [0.15, 0.2) is 0 Å². The summed E-state index contributed by atoms with van der Waals surface area (Å²) in [6.07, 6.45) is 8.76. The van der Waals surface area contributed by atoms with Crippen LogP contribution in [-0.2, 0) is 13.2 Å². The van der Waals surface area contributed by atoms with E-state index in [1.807, 2.05) is 30.3 Å². The zero-order valence-electron chi connectivity index (χ0n) is 14.9. The Kier molecular flexibility index (Phi) is 7.43. The summed E-state index contributed by atoms with van der Waals surface area (Å²) in [4.78, 5) is 0. The van der Waals surface area contributed by atoms with Crippen molar-refractivity contribution in [2.45, 2.75) is 45.3 Å². The summed E-state index contributed by atoms with van der Waals surface area (Å²) < 4.78 is 6.01. The fraction of sp³-hybridized carbons (Fsp3) is 0.364. The van der Waals surface area contributed by atoms with Crippen LogP contribution in [0.2, 0.25) is 10.0 Å². The van der Waals surface area contributed by atoms with Crippen molar-refractivity contribution in [1.29, 1.82) is 0 Å². The van der Waals surface area contributed by atoms with Crippen molar-refractivity contribution in [3.8, 4) is 5.75 Å². The Morgan fingerprint density at radius 1 is 1.00 bits per heavy atom. The Morgan fingerprint density at radius 2 is 1.88 bits per heavy atom. The zero-order chi connectivity index (χ0) is 18.2.